The normalized spacial score (nSPS) is 12.1. The molecular weight excluding hydrogens is 306 g/mol. The lowest BCUT2D eigenvalue weighted by molar-refractivity contribution is -0.121. The number of aryl methyl sites for hydroxylation is 1. The maximum atomic E-state index is 12.3. The van der Waals surface area contributed by atoms with Gasteiger partial charge in [-0.15, -0.1) is 10.2 Å². The summed E-state index contributed by atoms with van der Waals surface area (Å²) in [4.78, 5) is 12.3. The van der Waals surface area contributed by atoms with Crippen LogP contribution in [0.4, 0.5) is 0 Å². The Morgan fingerprint density at radius 1 is 1.29 bits per heavy atom. The monoisotopic (exact) mass is 325 g/mol. The number of benzene rings is 1. The van der Waals surface area contributed by atoms with Crippen LogP contribution in [-0.4, -0.2) is 36.3 Å². The minimum atomic E-state index is -0.305. The van der Waals surface area contributed by atoms with Gasteiger partial charge in [0.15, 0.2) is 5.82 Å². The molecule has 0 radical (unpaired) electrons. The summed E-state index contributed by atoms with van der Waals surface area (Å²) in [6.07, 6.45) is 0.257. The molecular formula is C16H19N7O. The summed E-state index contributed by atoms with van der Waals surface area (Å²) in [5.74, 6) is 0.350. The molecule has 2 N–H and O–H groups in total. The first kappa shape index (κ1) is 15.9. The van der Waals surface area contributed by atoms with E-state index in [1.165, 1.54) is 0 Å². The fourth-order valence-corrected chi connectivity index (χ4v) is 2.62. The van der Waals surface area contributed by atoms with E-state index in [2.05, 4.69) is 31.0 Å². The molecule has 24 heavy (non-hydrogen) atoms. The lowest BCUT2D eigenvalue weighted by Crippen LogP contribution is -2.29. The first-order valence-electron chi connectivity index (χ1n) is 7.69. The second kappa shape index (κ2) is 6.61. The molecule has 0 fully saturated rings. The zero-order valence-electron chi connectivity index (χ0n) is 13.8. The number of amides is 1. The predicted octanol–water partition coefficient (Wildman–Crippen LogP) is 1.42. The van der Waals surface area contributed by atoms with Crippen molar-refractivity contribution in [2.24, 2.45) is 0 Å². The van der Waals surface area contributed by atoms with Crippen molar-refractivity contribution >= 4 is 5.91 Å². The number of hydrogen-bond acceptors (Lipinski definition) is 5. The Morgan fingerprint density at radius 3 is 2.71 bits per heavy atom. The van der Waals surface area contributed by atoms with Crippen LogP contribution in [0.5, 0.6) is 0 Å². The number of hydrogen-bond donors (Lipinski definition) is 2. The highest BCUT2D eigenvalue weighted by atomic mass is 16.1. The summed E-state index contributed by atoms with van der Waals surface area (Å²) in [7, 11) is 0. The van der Waals surface area contributed by atoms with Crippen LogP contribution in [0.1, 0.15) is 35.7 Å². The molecule has 0 bridgehead atoms. The van der Waals surface area contributed by atoms with Crippen LogP contribution in [0.15, 0.2) is 30.3 Å². The van der Waals surface area contributed by atoms with Gasteiger partial charge in [0, 0.05) is 11.3 Å². The Kier molecular flexibility index (Phi) is 4.37. The summed E-state index contributed by atoms with van der Waals surface area (Å²) in [5, 5.41) is 21.1. The van der Waals surface area contributed by atoms with E-state index in [1.807, 2.05) is 55.8 Å². The molecule has 0 saturated heterocycles. The second-order valence-corrected chi connectivity index (χ2v) is 5.63. The molecule has 124 valence electrons. The van der Waals surface area contributed by atoms with Crippen molar-refractivity contribution < 1.29 is 4.79 Å². The van der Waals surface area contributed by atoms with Gasteiger partial charge in [0.1, 0.15) is 0 Å². The highest BCUT2D eigenvalue weighted by Gasteiger charge is 2.18. The van der Waals surface area contributed by atoms with Crippen molar-refractivity contribution in [3.05, 3.63) is 53.1 Å². The van der Waals surface area contributed by atoms with E-state index in [9.17, 15) is 4.79 Å². The van der Waals surface area contributed by atoms with Crippen LogP contribution in [-0.2, 0) is 11.2 Å². The van der Waals surface area contributed by atoms with E-state index in [0.29, 0.717) is 5.82 Å². The lowest BCUT2D eigenvalue weighted by atomic mass is 10.1. The molecule has 2 heterocycles. The molecule has 0 unspecified atom stereocenters. The topological polar surface area (TPSA) is 101 Å². The molecule has 0 aliphatic rings. The van der Waals surface area contributed by atoms with Crippen LogP contribution in [0.2, 0.25) is 0 Å². The van der Waals surface area contributed by atoms with Crippen LogP contribution in [0.25, 0.3) is 5.69 Å². The molecule has 0 spiro atoms. The van der Waals surface area contributed by atoms with E-state index >= 15 is 0 Å². The molecule has 1 aromatic carbocycles. The third-order valence-corrected chi connectivity index (χ3v) is 3.91. The van der Waals surface area contributed by atoms with E-state index in [0.717, 1.165) is 22.6 Å². The summed E-state index contributed by atoms with van der Waals surface area (Å²) in [5.41, 5.74) is 3.71. The number of H-pyrrole nitrogens is 1. The minimum absolute atomic E-state index is 0.105. The second-order valence-electron chi connectivity index (χ2n) is 5.63. The number of carbonyl (C=O) groups excluding carboxylic acids is 1. The van der Waals surface area contributed by atoms with Gasteiger partial charge in [-0.1, -0.05) is 23.4 Å². The highest BCUT2D eigenvalue weighted by Crippen LogP contribution is 2.18. The van der Waals surface area contributed by atoms with Gasteiger partial charge in [-0.2, -0.15) is 10.3 Å². The number of rotatable bonds is 5. The number of nitrogens with zero attached hydrogens (tertiary/aromatic N) is 5. The summed E-state index contributed by atoms with van der Waals surface area (Å²) < 4.78 is 1.86. The van der Waals surface area contributed by atoms with Gasteiger partial charge in [0.05, 0.1) is 23.8 Å². The maximum absolute atomic E-state index is 12.3. The maximum Gasteiger partial charge on any atom is 0.225 e. The first-order chi connectivity index (χ1) is 11.6. The van der Waals surface area contributed by atoms with E-state index in [1.54, 1.807) is 0 Å². The number of para-hydroxylation sites is 1. The van der Waals surface area contributed by atoms with E-state index in [4.69, 9.17) is 0 Å². The third kappa shape index (κ3) is 3.17. The Bertz CT molecular complexity index is 824. The largest absolute Gasteiger partial charge is 0.346 e. The van der Waals surface area contributed by atoms with Crippen molar-refractivity contribution in [3.8, 4) is 5.69 Å². The summed E-state index contributed by atoms with van der Waals surface area (Å²) in [6.45, 7) is 5.70. The van der Waals surface area contributed by atoms with Gasteiger partial charge in [0.2, 0.25) is 5.91 Å². The molecule has 0 saturated carbocycles. The number of tetrazole rings is 1. The Labute approximate surface area is 139 Å². The number of nitrogens with one attached hydrogen (secondary N) is 2. The smallest absolute Gasteiger partial charge is 0.225 e. The number of carbonyl (C=O) groups is 1. The quantitative estimate of drug-likeness (QED) is 0.739. The molecule has 3 aromatic rings. The van der Waals surface area contributed by atoms with Crippen molar-refractivity contribution in [3.63, 3.8) is 0 Å². The van der Waals surface area contributed by atoms with Crippen molar-refractivity contribution in [2.75, 3.05) is 0 Å². The van der Waals surface area contributed by atoms with Crippen LogP contribution in [0.3, 0.4) is 0 Å². The Hall–Kier alpha value is -3.03. The zero-order chi connectivity index (χ0) is 17.1. The van der Waals surface area contributed by atoms with Gasteiger partial charge in [-0.25, -0.2) is 4.68 Å². The highest BCUT2D eigenvalue weighted by molar-refractivity contribution is 5.79. The van der Waals surface area contributed by atoms with Crippen molar-refractivity contribution in [2.45, 2.75) is 33.2 Å². The molecule has 8 heteroatoms. The summed E-state index contributed by atoms with van der Waals surface area (Å²) >= 11 is 0. The SMILES string of the molecule is Cc1nn(-c2ccccc2)c(C)c1CC(=O)N[C@H](C)c1nn[nH]n1. The molecule has 0 aliphatic carbocycles. The molecule has 3 rings (SSSR count). The van der Waals surface area contributed by atoms with Gasteiger partial charge in [0.25, 0.3) is 0 Å². The van der Waals surface area contributed by atoms with Crippen LogP contribution >= 0.6 is 0 Å². The fourth-order valence-electron chi connectivity index (χ4n) is 2.62. The average molecular weight is 325 g/mol. The van der Waals surface area contributed by atoms with Gasteiger partial charge in [-0.3, -0.25) is 4.79 Å². The van der Waals surface area contributed by atoms with Gasteiger partial charge in [-0.05, 0) is 32.9 Å². The van der Waals surface area contributed by atoms with Gasteiger partial charge < -0.3 is 5.32 Å². The average Bonchev–Trinajstić information content (AvgIpc) is 3.20. The Balaban J connectivity index is 1.76. The van der Waals surface area contributed by atoms with Crippen molar-refractivity contribution in [1.29, 1.82) is 0 Å². The molecule has 1 atom stereocenters. The third-order valence-electron chi connectivity index (χ3n) is 3.91. The van der Waals surface area contributed by atoms with Crippen molar-refractivity contribution in [1.82, 2.24) is 35.7 Å². The molecule has 2 aromatic heterocycles. The van der Waals surface area contributed by atoms with E-state index < -0.39 is 0 Å². The minimum Gasteiger partial charge on any atom is -0.346 e. The number of aromatic amines is 1. The van der Waals surface area contributed by atoms with E-state index in [-0.39, 0.29) is 18.4 Å². The standard InChI is InChI=1S/C16H19N7O/c1-10-14(9-15(24)17-11(2)16-18-21-22-19-16)12(3)23(20-10)13-7-5-4-6-8-13/h4-8,11H,9H2,1-3H3,(H,17,24)(H,18,19,21,22)/t11-/m1/s1. The summed E-state index contributed by atoms with van der Waals surface area (Å²) in [6, 6.07) is 9.56. The zero-order valence-corrected chi connectivity index (χ0v) is 13.8. The van der Waals surface area contributed by atoms with Gasteiger partial charge >= 0.3 is 0 Å². The number of aromatic nitrogens is 6. The predicted molar refractivity (Wildman–Crippen MR) is 87.5 cm³/mol. The molecule has 0 aliphatic heterocycles. The lowest BCUT2D eigenvalue weighted by Gasteiger charge is -2.10. The first-order valence-corrected chi connectivity index (χ1v) is 7.69. The Morgan fingerprint density at radius 2 is 2.04 bits per heavy atom. The fraction of sp³-hybridized carbons (Fsp3) is 0.312. The van der Waals surface area contributed by atoms with Crippen LogP contribution in [0, 0.1) is 13.8 Å². The van der Waals surface area contributed by atoms with Crippen LogP contribution < -0.4 is 5.32 Å². The molecule has 1 amide bonds. The molecule has 8 nitrogen and oxygen atoms in total.